The van der Waals surface area contributed by atoms with E-state index in [4.69, 9.17) is 0 Å². The summed E-state index contributed by atoms with van der Waals surface area (Å²) in [5.74, 6) is -0.572. The van der Waals surface area contributed by atoms with Crippen LogP contribution in [0.5, 0.6) is 0 Å². The highest BCUT2D eigenvalue weighted by atomic mass is 19.4. The van der Waals surface area contributed by atoms with Crippen LogP contribution in [0.4, 0.5) is 18.9 Å². The van der Waals surface area contributed by atoms with Gasteiger partial charge in [0.1, 0.15) is 12.2 Å². The lowest BCUT2D eigenvalue weighted by Gasteiger charge is -2.03. The molecule has 0 aromatic carbocycles. The van der Waals surface area contributed by atoms with Crippen molar-refractivity contribution in [2.45, 2.75) is 26.6 Å². The van der Waals surface area contributed by atoms with Gasteiger partial charge in [-0.2, -0.15) is 18.3 Å². The summed E-state index contributed by atoms with van der Waals surface area (Å²) in [5, 5.41) is 16.1. The Labute approximate surface area is 105 Å². The van der Waals surface area contributed by atoms with Crippen LogP contribution in [0.15, 0.2) is 0 Å². The molecule has 1 aromatic rings. The van der Waals surface area contributed by atoms with Gasteiger partial charge in [-0.3, -0.25) is 19.6 Å². The van der Waals surface area contributed by atoms with Crippen LogP contribution in [-0.4, -0.2) is 27.2 Å². The summed E-state index contributed by atoms with van der Waals surface area (Å²) in [6, 6.07) is 0. The van der Waals surface area contributed by atoms with Gasteiger partial charge in [-0.25, -0.2) is 0 Å². The van der Waals surface area contributed by atoms with Crippen LogP contribution in [0.1, 0.15) is 18.3 Å². The minimum Gasteiger partial charge on any atom is -0.355 e. The minimum absolute atomic E-state index is 0.299. The first kappa shape index (κ1) is 14.9. The number of carbonyl (C=O) groups is 1. The van der Waals surface area contributed by atoms with E-state index >= 15 is 0 Å². The zero-order valence-corrected chi connectivity index (χ0v) is 10.1. The summed E-state index contributed by atoms with van der Waals surface area (Å²) in [6.45, 7) is 2.54. The molecular weight excluding hydrogens is 269 g/mol. The fourth-order valence-electron chi connectivity index (χ4n) is 1.49. The SMILES string of the molecule is CCNC(=O)Cn1nc(C(F)(F)F)c([N+](=O)[O-])c1C. The second-order valence-corrected chi connectivity index (χ2v) is 3.65. The lowest BCUT2D eigenvalue weighted by Crippen LogP contribution is -2.28. The van der Waals surface area contributed by atoms with Crippen molar-refractivity contribution >= 4 is 11.6 Å². The van der Waals surface area contributed by atoms with Crippen molar-refractivity contribution in [2.75, 3.05) is 6.54 Å². The Morgan fingerprint density at radius 3 is 2.47 bits per heavy atom. The molecule has 0 fully saturated rings. The molecule has 0 atom stereocenters. The molecule has 0 aliphatic heterocycles. The molecule has 0 aliphatic carbocycles. The average molecular weight is 280 g/mol. The zero-order chi connectivity index (χ0) is 14.8. The van der Waals surface area contributed by atoms with Gasteiger partial charge in [-0.05, 0) is 13.8 Å². The van der Waals surface area contributed by atoms with Gasteiger partial charge < -0.3 is 5.32 Å². The molecule has 7 nitrogen and oxygen atoms in total. The number of hydrogen-bond acceptors (Lipinski definition) is 4. The lowest BCUT2D eigenvalue weighted by atomic mass is 10.3. The van der Waals surface area contributed by atoms with Crippen LogP contribution in [0.25, 0.3) is 0 Å². The maximum absolute atomic E-state index is 12.6. The standard InChI is InChI=1S/C9H11F3N4O3/c1-3-13-6(17)4-15-5(2)7(16(18)19)8(14-15)9(10,11)12/h3-4H2,1-2H3,(H,13,17). The van der Waals surface area contributed by atoms with E-state index in [1.165, 1.54) is 0 Å². The highest BCUT2D eigenvalue weighted by Crippen LogP contribution is 2.36. The van der Waals surface area contributed by atoms with Gasteiger partial charge in [0.2, 0.25) is 11.6 Å². The number of nitro groups is 1. The molecule has 0 radical (unpaired) electrons. The number of halogens is 3. The highest BCUT2D eigenvalue weighted by molar-refractivity contribution is 5.75. The molecule has 1 heterocycles. The Kier molecular flexibility index (Phi) is 4.12. The largest absolute Gasteiger partial charge is 0.442 e. The molecule has 1 rings (SSSR count). The van der Waals surface area contributed by atoms with Crippen LogP contribution >= 0.6 is 0 Å². The topological polar surface area (TPSA) is 90.1 Å². The summed E-state index contributed by atoms with van der Waals surface area (Å²) in [7, 11) is 0. The van der Waals surface area contributed by atoms with Crippen molar-refractivity contribution in [3.8, 4) is 0 Å². The van der Waals surface area contributed by atoms with Crippen molar-refractivity contribution < 1.29 is 22.9 Å². The van der Waals surface area contributed by atoms with E-state index in [2.05, 4.69) is 10.4 Å². The summed E-state index contributed by atoms with van der Waals surface area (Å²) >= 11 is 0. The third-order valence-corrected chi connectivity index (χ3v) is 2.29. The Morgan fingerprint density at radius 1 is 1.53 bits per heavy atom. The van der Waals surface area contributed by atoms with E-state index in [1.54, 1.807) is 6.92 Å². The number of alkyl halides is 3. The number of hydrogen-bond donors (Lipinski definition) is 1. The fourth-order valence-corrected chi connectivity index (χ4v) is 1.49. The van der Waals surface area contributed by atoms with Crippen LogP contribution in [0, 0.1) is 17.0 Å². The van der Waals surface area contributed by atoms with Gasteiger partial charge in [0.25, 0.3) is 0 Å². The number of amides is 1. The molecule has 0 saturated heterocycles. The van der Waals surface area contributed by atoms with E-state index in [9.17, 15) is 28.1 Å². The third-order valence-electron chi connectivity index (χ3n) is 2.29. The highest BCUT2D eigenvalue weighted by Gasteiger charge is 2.44. The number of rotatable bonds is 4. The van der Waals surface area contributed by atoms with E-state index in [-0.39, 0.29) is 5.69 Å². The monoisotopic (exact) mass is 280 g/mol. The second-order valence-electron chi connectivity index (χ2n) is 3.65. The molecule has 19 heavy (non-hydrogen) atoms. The van der Waals surface area contributed by atoms with Gasteiger partial charge >= 0.3 is 11.9 Å². The van der Waals surface area contributed by atoms with Crippen molar-refractivity contribution in [3.05, 3.63) is 21.5 Å². The molecular formula is C9H11F3N4O3. The second kappa shape index (κ2) is 5.24. The van der Waals surface area contributed by atoms with Gasteiger partial charge in [0, 0.05) is 6.54 Å². The molecule has 0 unspecified atom stereocenters. The number of carbonyl (C=O) groups excluding carboxylic acids is 1. The average Bonchev–Trinajstić information content (AvgIpc) is 2.56. The van der Waals surface area contributed by atoms with Gasteiger partial charge in [-0.1, -0.05) is 0 Å². The Hall–Kier alpha value is -2.13. The number of nitrogens with zero attached hydrogens (tertiary/aromatic N) is 3. The summed E-state index contributed by atoms with van der Waals surface area (Å²) < 4.78 is 38.5. The van der Waals surface area contributed by atoms with Crippen molar-refractivity contribution in [1.82, 2.24) is 15.1 Å². The third kappa shape index (κ3) is 3.20. The Bertz CT molecular complexity index is 510. The van der Waals surface area contributed by atoms with Gasteiger partial charge in [0.05, 0.1) is 4.92 Å². The number of likely N-dealkylation sites (N-methyl/N-ethyl adjacent to an activating group) is 1. The Balaban J connectivity index is 3.22. The fraction of sp³-hybridized carbons (Fsp3) is 0.556. The molecule has 0 saturated carbocycles. The molecule has 1 N–H and O–H groups in total. The van der Waals surface area contributed by atoms with Crippen molar-refractivity contribution in [3.63, 3.8) is 0 Å². The predicted molar refractivity (Wildman–Crippen MR) is 57.3 cm³/mol. The normalized spacial score (nSPS) is 11.4. The molecule has 1 amide bonds. The van der Waals surface area contributed by atoms with Gasteiger partial charge in [-0.15, -0.1) is 0 Å². The number of nitrogens with one attached hydrogen (secondary N) is 1. The molecule has 106 valence electrons. The van der Waals surface area contributed by atoms with Crippen molar-refractivity contribution in [2.24, 2.45) is 0 Å². The quantitative estimate of drug-likeness (QED) is 0.664. The predicted octanol–water partition coefficient (Wildman–Crippen LogP) is 1.25. The van der Waals surface area contributed by atoms with E-state index in [1.807, 2.05) is 0 Å². The molecule has 0 bridgehead atoms. The van der Waals surface area contributed by atoms with Crippen LogP contribution in [0.3, 0.4) is 0 Å². The first-order chi connectivity index (χ1) is 8.68. The van der Waals surface area contributed by atoms with Crippen LogP contribution in [-0.2, 0) is 17.5 Å². The molecule has 10 heteroatoms. The smallest absolute Gasteiger partial charge is 0.355 e. The summed E-state index contributed by atoms with van der Waals surface area (Å²) in [4.78, 5) is 20.8. The summed E-state index contributed by atoms with van der Waals surface area (Å²) in [6.07, 6.45) is -4.94. The molecule has 0 spiro atoms. The number of aromatic nitrogens is 2. The first-order valence-electron chi connectivity index (χ1n) is 5.24. The minimum atomic E-state index is -4.94. The van der Waals surface area contributed by atoms with Gasteiger partial charge in [0.15, 0.2) is 0 Å². The maximum Gasteiger partial charge on any atom is 0.442 e. The Morgan fingerprint density at radius 2 is 2.11 bits per heavy atom. The van der Waals surface area contributed by atoms with E-state index < -0.39 is 34.9 Å². The van der Waals surface area contributed by atoms with E-state index in [0.717, 1.165) is 6.92 Å². The van der Waals surface area contributed by atoms with Crippen LogP contribution < -0.4 is 5.32 Å². The lowest BCUT2D eigenvalue weighted by molar-refractivity contribution is -0.388. The first-order valence-corrected chi connectivity index (χ1v) is 5.24. The van der Waals surface area contributed by atoms with E-state index in [0.29, 0.717) is 11.2 Å². The zero-order valence-electron chi connectivity index (χ0n) is 10.1. The van der Waals surface area contributed by atoms with Crippen LogP contribution in [0.2, 0.25) is 0 Å². The maximum atomic E-state index is 12.6. The summed E-state index contributed by atoms with van der Waals surface area (Å²) in [5.41, 5.74) is -3.04. The molecule has 0 aliphatic rings. The molecule has 1 aromatic heterocycles. The van der Waals surface area contributed by atoms with Crippen molar-refractivity contribution in [1.29, 1.82) is 0 Å².